The van der Waals surface area contributed by atoms with Gasteiger partial charge in [-0.2, -0.15) is 13.2 Å². The standard InChI is InChI=1S/C73H122ClF3N12O2/c1-11-53(5)67-47-82-66(43-52(3)4)65(12-2)83-48-68-69(71(90)87-39-41-91-42-40-87)56(8)89(68)70(59-23-16-17-24-59)55(7)84-72(31-18-19-32-72)51-79-35-34-78-33-30-60(28-26-58-27-29-63(64(74)45-58)73(75,76)77)80-36-38-85(9)49-62(44-57-21-14-13-15-22-57)86(10)50-61-25-20-37-88(61)54(6)46-81-67/h27,29-30,33,36,38,45,49-50,52-57,59,65-70,79-84H,11-26,28,31-32,34-35,37,39-44,46-48,51H2,1-10H3/t53-,54-,55?,56?,65?,66-,67+,68?,69-,70+/m0/s1. The molecule has 4 aliphatic heterocycles. The lowest BCUT2D eigenvalue weighted by Gasteiger charge is -2.60. The van der Waals surface area contributed by atoms with Gasteiger partial charge in [0.15, 0.2) is 0 Å². The number of ether oxygens (including phenoxy) is 1. The van der Waals surface area contributed by atoms with Gasteiger partial charge in [-0.25, -0.2) is 0 Å². The number of morpholine rings is 1. The van der Waals surface area contributed by atoms with Gasteiger partial charge in [-0.05, 0) is 139 Å². The first-order valence-corrected chi connectivity index (χ1v) is 36.6. The molecule has 6 fully saturated rings. The topological polar surface area (TPSA) is 127 Å². The second-order valence-corrected chi connectivity index (χ2v) is 29.6. The van der Waals surface area contributed by atoms with E-state index in [1.807, 2.05) is 18.5 Å². The van der Waals surface area contributed by atoms with Gasteiger partial charge in [0.05, 0.1) is 36.3 Å². The highest BCUT2D eigenvalue weighted by molar-refractivity contribution is 6.31. The van der Waals surface area contributed by atoms with E-state index in [2.05, 4.69) is 144 Å². The predicted molar refractivity (Wildman–Crippen MR) is 370 cm³/mol. The number of carbonyl (C=O) groups excluding carboxylic acids is 1. The number of fused-ring (bicyclic) bond motifs is 2. The van der Waals surface area contributed by atoms with Crippen molar-refractivity contribution in [3.63, 3.8) is 0 Å². The molecule has 91 heavy (non-hydrogen) atoms. The van der Waals surface area contributed by atoms with Crippen molar-refractivity contribution < 1.29 is 22.7 Å². The summed E-state index contributed by atoms with van der Waals surface area (Å²) in [6, 6.07) is 5.92. The Bertz CT molecular complexity index is 2520. The highest BCUT2D eigenvalue weighted by Gasteiger charge is 2.56. The summed E-state index contributed by atoms with van der Waals surface area (Å²) in [6.45, 7) is 27.4. The molecule has 514 valence electrons. The number of aryl methyl sites for hydroxylation is 1. The van der Waals surface area contributed by atoms with Crippen molar-refractivity contribution in [3.8, 4) is 0 Å². The maximum absolute atomic E-state index is 14.9. The summed E-state index contributed by atoms with van der Waals surface area (Å²) in [7, 11) is 4.32. The summed E-state index contributed by atoms with van der Waals surface area (Å²) in [5, 5.41) is 24.1. The van der Waals surface area contributed by atoms with Crippen LogP contribution in [0.15, 0.2) is 71.2 Å². The van der Waals surface area contributed by atoms with Crippen LogP contribution in [0.25, 0.3) is 0 Å². The van der Waals surface area contributed by atoms with E-state index in [4.69, 9.17) is 21.3 Å². The molecule has 6 N–H and O–H groups in total. The third-order valence-electron chi connectivity index (χ3n) is 22.0. The molecule has 18 heteroatoms. The van der Waals surface area contributed by atoms with E-state index in [0.29, 0.717) is 93.4 Å². The average molecular weight is 1290 g/mol. The molecule has 3 aliphatic carbocycles. The third-order valence-corrected chi connectivity index (χ3v) is 22.4. The van der Waals surface area contributed by atoms with Crippen LogP contribution in [0.3, 0.4) is 0 Å². The van der Waals surface area contributed by atoms with Gasteiger partial charge in [0, 0.05) is 168 Å². The Morgan fingerprint density at radius 2 is 1.58 bits per heavy atom. The van der Waals surface area contributed by atoms with Crippen LogP contribution in [0.4, 0.5) is 13.2 Å². The van der Waals surface area contributed by atoms with E-state index in [1.54, 1.807) is 0 Å². The van der Waals surface area contributed by atoms with E-state index >= 15 is 0 Å². The monoisotopic (exact) mass is 1290 g/mol. The van der Waals surface area contributed by atoms with Crippen LogP contribution in [0.5, 0.6) is 0 Å². The van der Waals surface area contributed by atoms with Gasteiger partial charge in [0.1, 0.15) is 0 Å². The zero-order chi connectivity index (χ0) is 65.1. The second-order valence-electron chi connectivity index (χ2n) is 29.2. The van der Waals surface area contributed by atoms with Crippen molar-refractivity contribution in [2.45, 2.75) is 250 Å². The van der Waals surface area contributed by atoms with E-state index in [0.717, 1.165) is 108 Å². The first-order chi connectivity index (χ1) is 43.8. The largest absolute Gasteiger partial charge is 0.417 e. The molecular weight excluding hydrogens is 1170 g/mol. The number of amides is 1. The van der Waals surface area contributed by atoms with Gasteiger partial charge < -0.3 is 56.2 Å². The van der Waals surface area contributed by atoms with Crippen LogP contribution in [-0.2, 0) is 22.1 Å². The number of aliphatic imine (C=N–C) groups is 1. The Morgan fingerprint density at radius 1 is 0.857 bits per heavy atom. The minimum atomic E-state index is -4.51. The molecule has 4 heterocycles. The predicted octanol–water partition coefficient (Wildman–Crippen LogP) is 12.7. The van der Waals surface area contributed by atoms with Crippen LogP contribution < -0.4 is 31.9 Å². The Labute approximate surface area is 553 Å². The Hall–Kier alpha value is -3.68. The SMILES string of the molecule is CCC1NCC2[C@@H](C(=O)N3CCOCC3)C(C)N2[C@@H](C2CCCC2)C(C)NC2(CCCC2)CNCCN=CC=C(CCc2ccc(C(F)(F)F)c(Cl)c2)NC=CN(C)C=C(CC2CCCCC2)N(C)C=C2CCCN2[C@@H](C)CN[C@@H]([C@@H](C)CC)CN[C@H]1CC(C)C. The van der Waals surface area contributed by atoms with Gasteiger partial charge in [-0.15, -0.1) is 0 Å². The smallest absolute Gasteiger partial charge is 0.378 e. The number of allylic oxidation sites excluding steroid dienone is 4. The molecule has 1 spiro atoms. The minimum Gasteiger partial charge on any atom is -0.378 e. The molecule has 0 aromatic heterocycles. The fourth-order valence-electron chi connectivity index (χ4n) is 16.7. The maximum Gasteiger partial charge on any atom is 0.417 e. The summed E-state index contributed by atoms with van der Waals surface area (Å²) in [5.74, 6) is 2.42. The zero-order valence-electron chi connectivity index (χ0n) is 57.8. The molecule has 1 amide bonds. The number of hydrogen-bond acceptors (Lipinski definition) is 13. The number of benzene rings is 1. The molecule has 10 atom stereocenters. The van der Waals surface area contributed by atoms with Crippen LogP contribution in [-0.4, -0.2) is 177 Å². The van der Waals surface area contributed by atoms with E-state index < -0.39 is 11.7 Å². The fourth-order valence-corrected chi connectivity index (χ4v) is 17.0. The summed E-state index contributed by atoms with van der Waals surface area (Å²) in [4.78, 5) is 31.9. The number of rotatable bonds is 12. The number of carbonyl (C=O) groups is 1. The molecule has 0 radical (unpaired) electrons. The van der Waals surface area contributed by atoms with Gasteiger partial charge in [0.25, 0.3) is 0 Å². The molecule has 0 bridgehead atoms. The number of nitrogens with zero attached hydrogens (tertiary/aromatic N) is 6. The Morgan fingerprint density at radius 3 is 2.27 bits per heavy atom. The lowest BCUT2D eigenvalue weighted by Crippen LogP contribution is -2.76. The number of alkyl halides is 3. The average Bonchev–Trinajstić information content (AvgIpc) is 1.23. The summed E-state index contributed by atoms with van der Waals surface area (Å²) < 4.78 is 46.9. The maximum atomic E-state index is 14.9. The van der Waals surface area contributed by atoms with Crippen LogP contribution in [0.2, 0.25) is 5.02 Å². The third kappa shape index (κ3) is 20.9. The highest BCUT2D eigenvalue weighted by Crippen LogP contribution is 2.44. The van der Waals surface area contributed by atoms with Crippen molar-refractivity contribution in [1.29, 1.82) is 0 Å². The molecule has 4 unspecified atom stereocenters. The summed E-state index contributed by atoms with van der Waals surface area (Å²) in [6.07, 6.45) is 31.4. The summed E-state index contributed by atoms with van der Waals surface area (Å²) >= 11 is 6.21. The van der Waals surface area contributed by atoms with Crippen molar-refractivity contribution in [2.75, 3.05) is 86.2 Å². The quantitative estimate of drug-likeness (QED) is 0.119. The molecule has 1 aromatic carbocycles. The van der Waals surface area contributed by atoms with Crippen LogP contribution in [0, 0.1) is 29.6 Å². The molecule has 7 aliphatic rings. The lowest BCUT2D eigenvalue weighted by atomic mass is 9.74. The van der Waals surface area contributed by atoms with Gasteiger partial charge >= 0.3 is 6.18 Å². The number of nitrogens with one attached hydrogen (secondary N) is 6. The number of halogens is 4. The highest BCUT2D eigenvalue weighted by atomic mass is 35.5. The van der Waals surface area contributed by atoms with Crippen molar-refractivity contribution in [3.05, 3.63) is 82.3 Å². The van der Waals surface area contributed by atoms with E-state index in [9.17, 15) is 18.0 Å². The molecule has 3 saturated heterocycles. The zero-order valence-corrected chi connectivity index (χ0v) is 58.6. The van der Waals surface area contributed by atoms with Gasteiger partial charge in [-0.1, -0.05) is 116 Å². The van der Waals surface area contributed by atoms with E-state index in [-0.39, 0.29) is 46.7 Å². The molecule has 8 rings (SSSR count). The van der Waals surface area contributed by atoms with Crippen molar-refractivity contribution in [2.24, 2.45) is 34.6 Å². The van der Waals surface area contributed by atoms with E-state index in [1.165, 1.54) is 94.2 Å². The minimum absolute atomic E-state index is 0.0440. The fraction of sp³-hybridized carbons (Fsp3) is 0.781. The molecule has 14 nitrogen and oxygen atoms in total. The van der Waals surface area contributed by atoms with Gasteiger partial charge in [-0.3, -0.25) is 14.7 Å². The first-order valence-electron chi connectivity index (χ1n) is 36.2. The Balaban J connectivity index is 1.09. The molecular formula is C73H122ClF3N12O2. The molecule has 1 aromatic rings. The van der Waals surface area contributed by atoms with Gasteiger partial charge in [0.2, 0.25) is 5.91 Å². The Kier molecular flexibility index (Phi) is 28.8. The van der Waals surface area contributed by atoms with Crippen LogP contribution >= 0.6 is 11.6 Å². The molecule has 3 saturated carbocycles. The number of hydrogen-bond donors (Lipinski definition) is 6. The lowest BCUT2D eigenvalue weighted by molar-refractivity contribution is -0.165. The van der Waals surface area contributed by atoms with Crippen LogP contribution in [0.1, 0.15) is 195 Å². The normalized spacial score (nSPS) is 29.9. The second kappa shape index (κ2) is 35.9. The summed E-state index contributed by atoms with van der Waals surface area (Å²) in [5.41, 5.74) is 3.44. The van der Waals surface area contributed by atoms with Crippen molar-refractivity contribution in [1.82, 2.24) is 56.4 Å². The first kappa shape index (κ1) is 73.1. The van der Waals surface area contributed by atoms with Crippen molar-refractivity contribution >= 4 is 23.7 Å².